The average Bonchev–Trinajstić information content (AvgIpc) is 2.45. The normalized spacial score (nSPS) is 13.5. The molecular weight excluding hydrogens is 248 g/mol. The lowest BCUT2D eigenvalue weighted by Crippen LogP contribution is -2.05. The van der Waals surface area contributed by atoms with Crippen LogP contribution in [0.4, 0.5) is 0 Å². The summed E-state index contributed by atoms with van der Waals surface area (Å²) in [4.78, 5) is 0. The Balaban J connectivity index is 3.22. The van der Waals surface area contributed by atoms with Gasteiger partial charge in [-0.3, -0.25) is 0 Å². The SMILES string of the molecule is CCCCCCCCCC(O)CCCCC=CC=CO. The fourth-order valence-electron chi connectivity index (χ4n) is 2.35. The van der Waals surface area contributed by atoms with Gasteiger partial charge in [-0.2, -0.15) is 0 Å². The van der Waals surface area contributed by atoms with Crippen LogP contribution in [0.1, 0.15) is 84.0 Å². The molecule has 0 fully saturated rings. The Kier molecular flexibility index (Phi) is 15.7. The zero-order valence-corrected chi connectivity index (χ0v) is 13.3. The molecule has 0 radical (unpaired) electrons. The number of hydrogen-bond acceptors (Lipinski definition) is 2. The van der Waals surface area contributed by atoms with Gasteiger partial charge in [0.2, 0.25) is 0 Å². The van der Waals surface area contributed by atoms with Crippen LogP contribution >= 0.6 is 0 Å². The highest BCUT2D eigenvalue weighted by atomic mass is 16.3. The van der Waals surface area contributed by atoms with E-state index in [0.29, 0.717) is 0 Å². The van der Waals surface area contributed by atoms with Crippen molar-refractivity contribution in [3.63, 3.8) is 0 Å². The summed E-state index contributed by atoms with van der Waals surface area (Å²) >= 11 is 0. The van der Waals surface area contributed by atoms with E-state index in [0.717, 1.165) is 38.4 Å². The van der Waals surface area contributed by atoms with Crippen LogP contribution in [0.15, 0.2) is 24.5 Å². The Morgan fingerprint density at radius 1 is 0.800 bits per heavy atom. The van der Waals surface area contributed by atoms with Gasteiger partial charge in [-0.05, 0) is 31.8 Å². The Morgan fingerprint density at radius 2 is 1.40 bits per heavy atom. The van der Waals surface area contributed by atoms with Crippen LogP contribution < -0.4 is 0 Å². The van der Waals surface area contributed by atoms with Gasteiger partial charge >= 0.3 is 0 Å². The Morgan fingerprint density at radius 3 is 2.05 bits per heavy atom. The van der Waals surface area contributed by atoms with Gasteiger partial charge in [0.15, 0.2) is 0 Å². The molecule has 0 amide bonds. The minimum atomic E-state index is -0.105. The highest BCUT2D eigenvalue weighted by Gasteiger charge is 2.03. The number of hydrogen-bond donors (Lipinski definition) is 2. The summed E-state index contributed by atoms with van der Waals surface area (Å²) in [5.74, 6) is 0. The second kappa shape index (κ2) is 16.3. The standard InChI is InChI=1S/C18H34O2/c1-2-3-4-5-6-9-12-15-18(20)16-13-10-7-8-11-14-17-19/h8,11,14,17-20H,2-7,9-10,12-13,15-16H2,1H3. The van der Waals surface area contributed by atoms with Crippen LogP contribution in [0.25, 0.3) is 0 Å². The maximum atomic E-state index is 9.87. The minimum absolute atomic E-state index is 0.105. The molecule has 20 heavy (non-hydrogen) atoms. The third-order valence-corrected chi connectivity index (χ3v) is 3.63. The zero-order chi connectivity index (χ0) is 14.9. The van der Waals surface area contributed by atoms with Gasteiger partial charge in [-0.15, -0.1) is 0 Å². The van der Waals surface area contributed by atoms with Crippen LogP contribution in [-0.2, 0) is 0 Å². The van der Waals surface area contributed by atoms with Crippen molar-refractivity contribution in [2.45, 2.75) is 90.1 Å². The summed E-state index contributed by atoms with van der Waals surface area (Å²) in [5, 5.41) is 18.3. The van der Waals surface area contributed by atoms with E-state index in [4.69, 9.17) is 5.11 Å². The summed E-state index contributed by atoms with van der Waals surface area (Å²) in [7, 11) is 0. The molecule has 2 nitrogen and oxygen atoms in total. The second-order valence-corrected chi connectivity index (χ2v) is 5.62. The van der Waals surface area contributed by atoms with Crippen molar-refractivity contribution in [1.82, 2.24) is 0 Å². The molecule has 0 saturated heterocycles. The van der Waals surface area contributed by atoms with Gasteiger partial charge in [0.25, 0.3) is 0 Å². The molecule has 0 heterocycles. The van der Waals surface area contributed by atoms with Gasteiger partial charge in [0, 0.05) is 0 Å². The molecule has 0 aromatic rings. The predicted molar refractivity (Wildman–Crippen MR) is 88.0 cm³/mol. The summed E-state index contributed by atoms with van der Waals surface area (Å²) in [6.07, 6.45) is 20.8. The highest BCUT2D eigenvalue weighted by Crippen LogP contribution is 2.13. The lowest BCUT2D eigenvalue weighted by Gasteiger charge is -2.09. The molecule has 0 aromatic carbocycles. The van der Waals surface area contributed by atoms with Crippen molar-refractivity contribution in [1.29, 1.82) is 0 Å². The van der Waals surface area contributed by atoms with E-state index >= 15 is 0 Å². The van der Waals surface area contributed by atoms with Crippen LogP contribution in [0, 0.1) is 0 Å². The number of rotatable bonds is 14. The molecule has 0 bridgehead atoms. The van der Waals surface area contributed by atoms with E-state index in [9.17, 15) is 5.11 Å². The quantitative estimate of drug-likeness (QED) is 0.244. The Hall–Kier alpha value is -0.760. The van der Waals surface area contributed by atoms with E-state index in [-0.39, 0.29) is 6.10 Å². The van der Waals surface area contributed by atoms with Crippen LogP contribution in [0.2, 0.25) is 0 Å². The number of aliphatic hydroxyl groups excluding tert-OH is 2. The highest BCUT2D eigenvalue weighted by molar-refractivity contribution is 4.98. The zero-order valence-electron chi connectivity index (χ0n) is 13.3. The van der Waals surface area contributed by atoms with Crippen molar-refractivity contribution in [3.05, 3.63) is 24.5 Å². The summed E-state index contributed by atoms with van der Waals surface area (Å²) < 4.78 is 0. The predicted octanol–water partition coefficient (Wildman–Crippen LogP) is 5.68. The molecule has 0 saturated carbocycles. The van der Waals surface area contributed by atoms with Crippen molar-refractivity contribution in [3.8, 4) is 0 Å². The molecule has 118 valence electrons. The van der Waals surface area contributed by atoms with E-state index < -0.39 is 0 Å². The number of unbranched alkanes of at least 4 members (excludes halogenated alkanes) is 8. The largest absolute Gasteiger partial charge is 0.516 e. The minimum Gasteiger partial charge on any atom is -0.516 e. The molecule has 0 aromatic heterocycles. The number of aliphatic hydroxyl groups is 2. The van der Waals surface area contributed by atoms with Gasteiger partial charge in [0.05, 0.1) is 12.4 Å². The summed E-state index contributed by atoms with van der Waals surface area (Å²) in [6, 6.07) is 0. The van der Waals surface area contributed by atoms with E-state index in [1.807, 2.05) is 6.08 Å². The number of allylic oxidation sites excluding steroid dienone is 3. The third-order valence-electron chi connectivity index (χ3n) is 3.63. The van der Waals surface area contributed by atoms with Gasteiger partial charge in [-0.25, -0.2) is 0 Å². The second-order valence-electron chi connectivity index (χ2n) is 5.62. The average molecular weight is 282 g/mol. The van der Waals surface area contributed by atoms with Crippen molar-refractivity contribution >= 4 is 0 Å². The van der Waals surface area contributed by atoms with Crippen molar-refractivity contribution in [2.75, 3.05) is 0 Å². The first-order valence-electron chi connectivity index (χ1n) is 8.45. The molecule has 1 unspecified atom stereocenters. The summed E-state index contributed by atoms with van der Waals surface area (Å²) in [5.41, 5.74) is 0. The maximum absolute atomic E-state index is 9.87. The Bertz CT molecular complexity index is 234. The monoisotopic (exact) mass is 282 g/mol. The fraction of sp³-hybridized carbons (Fsp3) is 0.778. The molecule has 0 spiro atoms. The molecular formula is C18H34O2. The van der Waals surface area contributed by atoms with E-state index in [1.165, 1.54) is 44.9 Å². The maximum Gasteiger partial charge on any atom is 0.0791 e. The molecule has 2 heteroatoms. The smallest absolute Gasteiger partial charge is 0.0791 e. The molecule has 0 aliphatic carbocycles. The van der Waals surface area contributed by atoms with E-state index in [1.54, 1.807) is 6.08 Å². The molecule has 0 aliphatic heterocycles. The molecule has 0 aliphatic rings. The first-order valence-corrected chi connectivity index (χ1v) is 8.45. The first kappa shape index (κ1) is 19.2. The van der Waals surface area contributed by atoms with Gasteiger partial charge in [-0.1, -0.05) is 70.4 Å². The molecule has 0 rings (SSSR count). The fourth-order valence-corrected chi connectivity index (χ4v) is 2.35. The summed E-state index contributed by atoms with van der Waals surface area (Å²) in [6.45, 7) is 2.25. The lowest BCUT2D eigenvalue weighted by molar-refractivity contribution is 0.147. The topological polar surface area (TPSA) is 40.5 Å². The molecule has 2 N–H and O–H groups in total. The van der Waals surface area contributed by atoms with Crippen LogP contribution in [0.3, 0.4) is 0 Å². The third kappa shape index (κ3) is 15.3. The lowest BCUT2D eigenvalue weighted by atomic mass is 10.0. The van der Waals surface area contributed by atoms with Crippen LogP contribution in [0.5, 0.6) is 0 Å². The van der Waals surface area contributed by atoms with Crippen molar-refractivity contribution < 1.29 is 10.2 Å². The van der Waals surface area contributed by atoms with Gasteiger partial charge in [0.1, 0.15) is 0 Å². The van der Waals surface area contributed by atoms with Crippen LogP contribution in [-0.4, -0.2) is 16.3 Å². The molecule has 1 atom stereocenters. The Labute approximate surface area is 125 Å². The van der Waals surface area contributed by atoms with E-state index in [2.05, 4.69) is 13.0 Å². The van der Waals surface area contributed by atoms with Gasteiger partial charge < -0.3 is 10.2 Å². The van der Waals surface area contributed by atoms with Crippen molar-refractivity contribution in [2.24, 2.45) is 0 Å². The first-order chi connectivity index (χ1) is 9.81.